The lowest BCUT2D eigenvalue weighted by Crippen LogP contribution is -2.66. The van der Waals surface area contributed by atoms with E-state index in [1.165, 1.54) is 23.2 Å². The van der Waals surface area contributed by atoms with Crippen LogP contribution in [-0.4, -0.2) is 26.1 Å². The summed E-state index contributed by atoms with van der Waals surface area (Å²) in [5.74, 6) is 11.7. The van der Waals surface area contributed by atoms with Gasteiger partial charge in [0.1, 0.15) is 0 Å². The Labute approximate surface area is 190 Å². The number of benzene rings is 2. The smallest absolute Gasteiger partial charge is 0.261 e. The van der Waals surface area contributed by atoms with Gasteiger partial charge in [0, 0.05) is 19.4 Å². The van der Waals surface area contributed by atoms with Crippen LogP contribution in [0.3, 0.4) is 0 Å². The molecule has 0 aromatic heterocycles. The maximum Gasteiger partial charge on any atom is 0.261 e. The third-order valence-electron chi connectivity index (χ3n) is 5.35. The Morgan fingerprint density at radius 3 is 1.84 bits per heavy atom. The average molecular weight is 433 g/mol. The van der Waals surface area contributed by atoms with Crippen molar-refractivity contribution in [2.24, 2.45) is 0 Å². The second-order valence-corrected chi connectivity index (χ2v) is 13.1. The molecule has 1 N–H and O–H groups in total. The van der Waals surface area contributed by atoms with Crippen LogP contribution < -0.4 is 10.4 Å². The van der Waals surface area contributed by atoms with Crippen LogP contribution >= 0.6 is 0 Å². The lowest BCUT2D eigenvalue weighted by molar-refractivity contribution is 0.288. The van der Waals surface area contributed by atoms with Crippen LogP contribution in [0, 0.1) is 23.7 Å². The molecule has 0 amide bonds. The highest BCUT2D eigenvalue weighted by Gasteiger charge is 2.49. The molecule has 0 aliphatic carbocycles. The fourth-order valence-corrected chi connectivity index (χ4v) is 8.42. The van der Waals surface area contributed by atoms with E-state index in [0.29, 0.717) is 13.0 Å². The predicted molar refractivity (Wildman–Crippen MR) is 134 cm³/mol. The summed E-state index contributed by atoms with van der Waals surface area (Å²) in [5, 5.41) is 12.4. The van der Waals surface area contributed by atoms with E-state index in [1.807, 2.05) is 12.1 Å². The minimum absolute atomic E-state index is 0.0490. The van der Waals surface area contributed by atoms with E-state index in [-0.39, 0.29) is 5.04 Å². The molecule has 0 heterocycles. The standard InChI is InChI=1S/C28H36O2Si/c1-5-6-7-8-11-18-25(29)19-16-17-24-30-31(28(2,3)4,26-20-12-9-13-21-26)27-22-14-10-15-23-27/h9-10,12-15,20-23,25,29H,5-8,17,24H2,1-4H3/t25-/m1/s1. The Hall–Kier alpha value is -2.30. The molecule has 0 unspecified atom stereocenters. The fourth-order valence-electron chi connectivity index (χ4n) is 3.85. The van der Waals surface area contributed by atoms with Gasteiger partial charge >= 0.3 is 0 Å². The first-order valence-corrected chi connectivity index (χ1v) is 13.2. The normalized spacial score (nSPS) is 12.3. The predicted octanol–water partition coefficient (Wildman–Crippen LogP) is 4.90. The van der Waals surface area contributed by atoms with Crippen molar-refractivity contribution in [2.45, 2.75) is 70.9 Å². The molecule has 0 saturated carbocycles. The second-order valence-electron chi connectivity index (χ2n) is 8.76. The van der Waals surface area contributed by atoms with Gasteiger partial charge in [-0.05, 0) is 21.8 Å². The molecule has 0 fully saturated rings. The van der Waals surface area contributed by atoms with Crippen molar-refractivity contribution >= 4 is 18.7 Å². The minimum Gasteiger partial charge on any atom is -0.406 e. The molecule has 3 heteroatoms. The first-order valence-electron chi connectivity index (χ1n) is 11.3. The van der Waals surface area contributed by atoms with Gasteiger partial charge in [0.05, 0.1) is 0 Å². The summed E-state index contributed by atoms with van der Waals surface area (Å²) in [7, 11) is -2.52. The van der Waals surface area contributed by atoms with Crippen LogP contribution in [0.1, 0.15) is 59.8 Å². The monoisotopic (exact) mass is 432 g/mol. The largest absolute Gasteiger partial charge is 0.406 e. The maximum absolute atomic E-state index is 9.97. The van der Waals surface area contributed by atoms with Crippen molar-refractivity contribution < 1.29 is 9.53 Å². The first-order chi connectivity index (χ1) is 14.9. The lowest BCUT2D eigenvalue weighted by Gasteiger charge is -2.43. The Morgan fingerprint density at radius 2 is 1.35 bits per heavy atom. The Balaban J connectivity index is 2.14. The molecular weight excluding hydrogens is 396 g/mol. The molecule has 0 spiro atoms. The van der Waals surface area contributed by atoms with E-state index in [0.717, 1.165) is 12.8 Å². The second kappa shape index (κ2) is 12.5. The molecule has 0 aliphatic heterocycles. The van der Waals surface area contributed by atoms with Crippen LogP contribution in [-0.2, 0) is 4.43 Å². The summed E-state index contributed by atoms with van der Waals surface area (Å²) in [6.45, 7) is 9.49. The third kappa shape index (κ3) is 7.12. The van der Waals surface area contributed by atoms with Gasteiger partial charge in [-0.1, -0.05) is 125 Å². The molecule has 2 aromatic rings. The molecule has 0 bridgehead atoms. The molecule has 0 saturated heterocycles. The summed E-state index contributed by atoms with van der Waals surface area (Å²) in [6.07, 6.45) is 3.94. The Kier molecular flexibility index (Phi) is 10.1. The Morgan fingerprint density at radius 1 is 0.839 bits per heavy atom. The van der Waals surface area contributed by atoms with E-state index in [1.54, 1.807) is 0 Å². The van der Waals surface area contributed by atoms with Crippen molar-refractivity contribution in [1.29, 1.82) is 0 Å². The van der Waals surface area contributed by atoms with Crippen molar-refractivity contribution in [3.05, 3.63) is 60.7 Å². The highest BCUT2D eigenvalue weighted by atomic mass is 28.4. The lowest BCUT2D eigenvalue weighted by atomic mass is 10.2. The van der Waals surface area contributed by atoms with Gasteiger partial charge in [-0.2, -0.15) is 0 Å². The molecule has 2 nitrogen and oxygen atoms in total. The molecule has 0 aliphatic rings. The van der Waals surface area contributed by atoms with Crippen LogP contribution in [0.4, 0.5) is 0 Å². The van der Waals surface area contributed by atoms with Crippen LogP contribution in [0.25, 0.3) is 0 Å². The van der Waals surface area contributed by atoms with Gasteiger partial charge in [0.2, 0.25) is 0 Å². The van der Waals surface area contributed by atoms with Gasteiger partial charge in [-0.15, -0.1) is 0 Å². The molecular formula is C28H36O2Si. The molecule has 2 rings (SSSR count). The van der Waals surface area contributed by atoms with Gasteiger partial charge in [-0.25, -0.2) is 0 Å². The van der Waals surface area contributed by atoms with E-state index in [4.69, 9.17) is 4.43 Å². The van der Waals surface area contributed by atoms with Crippen molar-refractivity contribution in [2.75, 3.05) is 6.61 Å². The average Bonchev–Trinajstić information content (AvgIpc) is 2.76. The van der Waals surface area contributed by atoms with Gasteiger partial charge in [-0.3, -0.25) is 0 Å². The molecule has 1 atom stereocenters. The van der Waals surface area contributed by atoms with Gasteiger partial charge in [0.15, 0.2) is 6.10 Å². The summed E-state index contributed by atoms with van der Waals surface area (Å²) < 4.78 is 6.79. The number of hydrogen-bond donors (Lipinski definition) is 1. The zero-order valence-electron chi connectivity index (χ0n) is 19.4. The number of rotatable bonds is 8. The van der Waals surface area contributed by atoms with Crippen molar-refractivity contribution in [3.63, 3.8) is 0 Å². The number of aliphatic hydroxyl groups is 1. The van der Waals surface area contributed by atoms with E-state index in [9.17, 15) is 5.11 Å². The van der Waals surface area contributed by atoms with Gasteiger partial charge < -0.3 is 9.53 Å². The highest BCUT2D eigenvalue weighted by molar-refractivity contribution is 6.99. The van der Waals surface area contributed by atoms with E-state index >= 15 is 0 Å². The highest BCUT2D eigenvalue weighted by Crippen LogP contribution is 2.36. The summed E-state index contributed by atoms with van der Waals surface area (Å²) in [4.78, 5) is 0. The number of unbranched alkanes of at least 4 members (excludes halogenated alkanes) is 3. The quantitative estimate of drug-likeness (QED) is 0.365. The number of aliphatic hydroxyl groups excluding tert-OH is 1. The third-order valence-corrected chi connectivity index (χ3v) is 10.4. The van der Waals surface area contributed by atoms with Crippen LogP contribution in [0.5, 0.6) is 0 Å². The molecule has 31 heavy (non-hydrogen) atoms. The van der Waals surface area contributed by atoms with E-state index in [2.05, 4.69) is 99.9 Å². The zero-order chi connectivity index (χ0) is 22.6. The molecule has 2 aromatic carbocycles. The molecule has 164 valence electrons. The topological polar surface area (TPSA) is 29.5 Å². The SMILES string of the molecule is CCCCCC#C[C@@H](O)C#CCCO[Si](c1ccccc1)(c1ccccc1)C(C)(C)C. The van der Waals surface area contributed by atoms with E-state index < -0.39 is 14.4 Å². The van der Waals surface area contributed by atoms with Crippen LogP contribution in [0.2, 0.25) is 5.04 Å². The van der Waals surface area contributed by atoms with Crippen molar-refractivity contribution in [1.82, 2.24) is 0 Å². The van der Waals surface area contributed by atoms with Gasteiger partial charge in [0.25, 0.3) is 8.32 Å². The van der Waals surface area contributed by atoms with Crippen molar-refractivity contribution in [3.8, 4) is 23.7 Å². The summed E-state index contributed by atoms with van der Waals surface area (Å²) in [6, 6.07) is 21.2. The number of hydrogen-bond acceptors (Lipinski definition) is 2. The zero-order valence-corrected chi connectivity index (χ0v) is 20.4. The first kappa shape index (κ1) is 25.0. The van der Waals surface area contributed by atoms with Crippen LogP contribution in [0.15, 0.2) is 60.7 Å². The summed E-state index contributed by atoms with van der Waals surface area (Å²) >= 11 is 0. The fraction of sp³-hybridized carbons (Fsp3) is 0.429. The summed E-state index contributed by atoms with van der Waals surface area (Å²) in [5.41, 5.74) is 0. The maximum atomic E-state index is 9.97. The molecule has 0 radical (unpaired) electrons. The minimum atomic E-state index is -2.52. The Bertz CT molecular complexity index is 853.